The molecule has 260 valence electrons. The molecule has 1 spiro atoms. The average Bonchev–Trinajstić information content (AvgIpc) is 3.42. The third-order valence-corrected chi connectivity index (χ3v) is 10.2. The summed E-state index contributed by atoms with van der Waals surface area (Å²) in [6.07, 6.45) is -5.10. The van der Waals surface area contributed by atoms with Gasteiger partial charge in [0, 0.05) is 11.1 Å². The molecule has 14 heteroatoms. The lowest BCUT2D eigenvalue weighted by Crippen LogP contribution is -2.69. The Kier molecular flexibility index (Phi) is 8.88. The predicted molar refractivity (Wildman–Crippen MR) is 164 cm³/mol. The summed E-state index contributed by atoms with van der Waals surface area (Å²) in [5.41, 5.74) is -0.171. The van der Waals surface area contributed by atoms with Crippen LogP contribution in [0.4, 0.5) is 0 Å². The van der Waals surface area contributed by atoms with Crippen molar-refractivity contribution in [3.8, 4) is 11.5 Å². The number of aliphatic carboxylic acids is 2. The number of rotatable bonds is 12. The number of aliphatic hydroxyl groups excluding tert-OH is 1. The first kappa shape index (κ1) is 33.9. The molecule has 4 N–H and O–H groups in total. The van der Waals surface area contributed by atoms with Gasteiger partial charge in [0.15, 0.2) is 23.7 Å². The first-order valence-electron chi connectivity index (χ1n) is 15.9. The van der Waals surface area contributed by atoms with Gasteiger partial charge >= 0.3 is 29.8 Å². The Morgan fingerprint density at radius 3 is 2.41 bits per heavy atom. The van der Waals surface area contributed by atoms with E-state index in [1.807, 2.05) is 12.1 Å². The minimum atomic E-state index is -2.12. The summed E-state index contributed by atoms with van der Waals surface area (Å²) in [7, 11) is 1.52. The van der Waals surface area contributed by atoms with Crippen molar-refractivity contribution in [1.82, 2.24) is 0 Å². The minimum absolute atomic E-state index is 0.0366. The van der Waals surface area contributed by atoms with E-state index in [4.69, 9.17) is 28.8 Å². The highest BCUT2D eigenvalue weighted by molar-refractivity contribution is 5.87. The summed E-state index contributed by atoms with van der Waals surface area (Å²) < 4.78 is 27.8. The number of benzene rings is 2. The second kappa shape index (κ2) is 12.8. The van der Waals surface area contributed by atoms with Crippen molar-refractivity contribution >= 4 is 29.8 Å². The number of hydrogen-bond donors (Lipinski definition) is 4. The highest BCUT2D eigenvalue weighted by Crippen LogP contribution is 2.68. The van der Waals surface area contributed by atoms with Crippen LogP contribution >= 0.6 is 0 Å². The van der Waals surface area contributed by atoms with Gasteiger partial charge in [-0.2, -0.15) is 0 Å². The van der Waals surface area contributed by atoms with E-state index in [0.29, 0.717) is 24.3 Å². The smallest absolute Gasteiger partial charge is 0.353 e. The molecule has 8 atom stereocenters. The predicted octanol–water partition coefficient (Wildman–Crippen LogP) is 2.36. The van der Waals surface area contributed by atoms with E-state index in [9.17, 15) is 39.3 Å². The van der Waals surface area contributed by atoms with Crippen LogP contribution in [0.3, 0.4) is 0 Å². The van der Waals surface area contributed by atoms with Crippen LogP contribution in [0.1, 0.15) is 61.8 Å². The minimum Gasteiger partial charge on any atom is -0.493 e. The quantitative estimate of drug-likeness (QED) is 0.187. The Balaban J connectivity index is 1.18. The van der Waals surface area contributed by atoms with Gasteiger partial charge in [0.05, 0.1) is 31.0 Å². The van der Waals surface area contributed by atoms with Crippen LogP contribution in [0.2, 0.25) is 0 Å². The maximum absolute atomic E-state index is 13.2. The van der Waals surface area contributed by atoms with E-state index < -0.39 is 78.1 Å². The van der Waals surface area contributed by atoms with Gasteiger partial charge in [0.1, 0.15) is 5.76 Å². The van der Waals surface area contributed by atoms with Crippen molar-refractivity contribution < 1.29 is 68.1 Å². The summed E-state index contributed by atoms with van der Waals surface area (Å²) in [4.78, 5) is 61.6. The molecule has 2 bridgehead atoms. The first-order chi connectivity index (χ1) is 23.3. The zero-order valence-electron chi connectivity index (χ0n) is 26.7. The van der Waals surface area contributed by atoms with Crippen molar-refractivity contribution in [2.24, 2.45) is 11.8 Å². The maximum Gasteiger partial charge on any atom is 0.353 e. The van der Waals surface area contributed by atoms with Crippen LogP contribution in [0, 0.1) is 11.8 Å². The lowest BCUT2D eigenvalue weighted by molar-refractivity contribution is -0.183. The monoisotopic (exact) mass is 680 g/mol. The molecular formula is C35H36O14. The summed E-state index contributed by atoms with van der Waals surface area (Å²) in [5.74, 6) is -5.87. The molecule has 2 aromatic rings. The standard InChI is InChI=1S/C35H36O14/c1-17-10-12-34-27-19-8-9-22(45-2)29(27)48-30(34)23(11-13-35(34,44)20(17)14-19)46-26(39)15-21(36)32(42)49-28(18-6-4-3-5-7-18)33(43)47-24(31(40)41)16-25(37)38/h3-9,11,17,20-21,24,28,30,36,44H,10,12-16H2,1-2H3,(H,37,38)(H,40,41)/t17?,20-,21-,24-,28-,30-,34?,35+/m0/s1. The number of carbonyl (C=O) groups excluding carboxylic acids is 3. The van der Waals surface area contributed by atoms with E-state index in [0.717, 1.165) is 17.5 Å². The Bertz CT molecular complexity index is 1720. The second-order valence-corrected chi connectivity index (χ2v) is 12.9. The van der Waals surface area contributed by atoms with Crippen LogP contribution in [0.25, 0.3) is 0 Å². The van der Waals surface area contributed by atoms with E-state index in [1.54, 1.807) is 12.1 Å². The normalized spacial score (nSPS) is 27.6. The van der Waals surface area contributed by atoms with Crippen molar-refractivity contribution in [2.45, 2.75) is 80.9 Å². The van der Waals surface area contributed by atoms with E-state index in [-0.39, 0.29) is 29.6 Å². The third kappa shape index (κ3) is 5.68. The molecular weight excluding hydrogens is 644 g/mol. The highest BCUT2D eigenvalue weighted by atomic mass is 16.6. The number of methoxy groups -OCH3 is 1. The molecule has 6 rings (SSSR count). The van der Waals surface area contributed by atoms with E-state index >= 15 is 0 Å². The SMILES string of the molecule is COc1ccc2c3c1O[C@H]1C(OC(=O)C[C@H](O)C(=O)O[C@H](C(=O)O[C@@H](CC(=O)O)C(=O)O)c4ccccc4)=CC[C@@]4(O)[C@@H](C2)C(C)CCC314. The zero-order chi connectivity index (χ0) is 35.2. The molecule has 2 aromatic carbocycles. The van der Waals surface area contributed by atoms with Crippen molar-refractivity contribution in [3.63, 3.8) is 0 Å². The summed E-state index contributed by atoms with van der Waals surface area (Å²) in [5, 5.41) is 41.3. The zero-order valence-corrected chi connectivity index (χ0v) is 26.7. The van der Waals surface area contributed by atoms with Gasteiger partial charge in [-0.25, -0.2) is 14.4 Å². The largest absolute Gasteiger partial charge is 0.493 e. The maximum atomic E-state index is 13.2. The fourth-order valence-corrected chi connectivity index (χ4v) is 7.99. The number of ether oxygens (including phenoxy) is 5. The van der Waals surface area contributed by atoms with Crippen LogP contribution in [-0.4, -0.2) is 81.3 Å². The summed E-state index contributed by atoms with van der Waals surface area (Å²) in [6.45, 7) is 2.12. The van der Waals surface area contributed by atoms with Crippen LogP contribution in [0.15, 0.2) is 54.3 Å². The Morgan fingerprint density at radius 2 is 1.73 bits per heavy atom. The molecule has 1 fully saturated rings. The Hall–Kier alpha value is -4.95. The third-order valence-electron chi connectivity index (χ3n) is 10.2. The molecule has 1 saturated carbocycles. The Morgan fingerprint density at radius 1 is 1.00 bits per heavy atom. The number of carbonyl (C=O) groups is 5. The lowest BCUT2D eigenvalue weighted by Gasteiger charge is -2.61. The molecule has 0 aromatic heterocycles. The molecule has 49 heavy (non-hydrogen) atoms. The Labute approximate surface area is 280 Å². The van der Waals surface area contributed by atoms with E-state index in [2.05, 4.69) is 6.92 Å². The van der Waals surface area contributed by atoms with Crippen molar-refractivity contribution in [3.05, 3.63) is 71.0 Å². The molecule has 3 aliphatic carbocycles. The van der Waals surface area contributed by atoms with Gasteiger partial charge in [0.2, 0.25) is 12.2 Å². The van der Waals surface area contributed by atoms with Gasteiger partial charge in [-0.1, -0.05) is 43.3 Å². The number of aliphatic hydroxyl groups is 2. The van der Waals surface area contributed by atoms with Crippen LogP contribution < -0.4 is 9.47 Å². The molecule has 14 nitrogen and oxygen atoms in total. The second-order valence-electron chi connectivity index (χ2n) is 12.9. The van der Waals surface area contributed by atoms with Gasteiger partial charge < -0.3 is 44.1 Å². The fraction of sp³-hybridized carbons (Fsp3) is 0.457. The summed E-state index contributed by atoms with van der Waals surface area (Å²) >= 11 is 0. The number of carboxylic acid groups (broad SMARTS) is 2. The van der Waals surface area contributed by atoms with Crippen LogP contribution in [0.5, 0.6) is 11.5 Å². The van der Waals surface area contributed by atoms with Crippen molar-refractivity contribution in [2.75, 3.05) is 7.11 Å². The molecule has 4 aliphatic rings. The molecule has 0 amide bonds. The number of carboxylic acids is 2. The average molecular weight is 681 g/mol. The number of hydrogen-bond acceptors (Lipinski definition) is 12. The lowest BCUT2D eigenvalue weighted by atomic mass is 9.45. The fourth-order valence-electron chi connectivity index (χ4n) is 7.99. The molecule has 0 saturated heterocycles. The number of esters is 3. The molecule has 1 aliphatic heterocycles. The van der Waals surface area contributed by atoms with Gasteiger partial charge in [-0.15, -0.1) is 0 Å². The van der Waals surface area contributed by atoms with Gasteiger partial charge in [-0.3, -0.25) is 9.59 Å². The van der Waals surface area contributed by atoms with Gasteiger partial charge in [-0.05, 0) is 55.2 Å². The summed E-state index contributed by atoms with van der Waals surface area (Å²) in [6, 6.07) is 11.1. The topological polar surface area (TPSA) is 212 Å². The van der Waals surface area contributed by atoms with Crippen molar-refractivity contribution in [1.29, 1.82) is 0 Å². The van der Waals surface area contributed by atoms with E-state index in [1.165, 1.54) is 31.4 Å². The molecule has 0 radical (unpaired) electrons. The highest BCUT2D eigenvalue weighted by Gasteiger charge is 2.72. The first-order valence-corrected chi connectivity index (χ1v) is 15.9. The van der Waals surface area contributed by atoms with Crippen LogP contribution in [-0.2, 0) is 50.0 Å². The van der Waals surface area contributed by atoms with Gasteiger partial charge in [0.25, 0.3) is 0 Å². The molecule has 2 unspecified atom stereocenters. The molecule has 1 heterocycles.